The molecule has 1 aliphatic heterocycles. The quantitative estimate of drug-likeness (QED) is 0.701. The Kier molecular flexibility index (Phi) is 4.62. The van der Waals surface area contributed by atoms with Crippen LogP contribution in [0.25, 0.3) is 11.5 Å². The molecule has 0 aromatic carbocycles. The second kappa shape index (κ2) is 7.22. The van der Waals surface area contributed by atoms with Crippen molar-refractivity contribution in [2.45, 2.75) is 19.8 Å². The number of aryl methyl sites for hydroxylation is 2. The van der Waals surface area contributed by atoms with E-state index in [0.717, 1.165) is 36.6 Å². The van der Waals surface area contributed by atoms with E-state index in [1.807, 2.05) is 29.6 Å². The van der Waals surface area contributed by atoms with Crippen LogP contribution in [0.4, 0.5) is 0 Å². The molecule has 8 nitrogen and oxygen atoms in total. The molecule has 4 heterocycles. The Morgan fingerprint density at radius 1 is 1.22 bits per heavy atom. The maximum atomic E-state index is 12.7. The Labute approximate surface area is 157 Å². The van der Waals surface area contributed by atoms with Gasteiger partial charge in [0.25, 0.3) is 5.91 Å². The van der Waals surface area contributed by atoms with Crippen molar-refractivity contribution in [3.05, 3.63) is 54.3 Å². The van der Waals surface area contributed by atoms with Gasteiger partial charge in [-0.05, 0) is 25.7 Å². The Morgan fingerprint density at radius 3 is 2.89 bits per heavy atom. The zero-order valence-electron chi connectivity index (χ0n) is 15.4. The van der Waals surface area contributed by atoms with Crippen LogP contribution in [0.5, 0.6) is 0 Å². The van der Waals surface area contributed by atoms with E-state index in [1.54, 1.807) is 24.8 Å². The molecule has 1 fully saturated rings. The Morgan fingerprint density at radius 2 is 2.11 bits per heavy atom. The molecule has 1 aliphatic rings. The fourth-order valence-electron chi connectivity index (χ4n) is 3.48. The summed E-state index contributed by atoms with van der Waals surface area (Å²) in [4.78, 5) is 36.1. The van der Waals surface area contributed by atoms with E-state index in [4.69, 9.17) is 4.98 Å². The van der Waals surface area contributed by atoms with E-state index in [1.165, 1.54) is 6.33 Å². The molecule has 1 unspecified atom stereocenters. The molecule has 1 saturated heterocycles. The van der Waals surface area contributed by atoms with Gasteiger partial charge in [0.05, 0.1) is 23.1 Å². The van der Waals surface area contributed by atoms with E-state index in [2.05, 4.69) is 19.9 Å². The molecular weight excluding hydrogens is 342 g/mol. The standard InChI is InChI=1S/C19H21N7O/c1-13-16(9-21-12-23-13)19(27)26-5-3-14(11-26)7-15-8-20-10-17(24-15)18-22-4-6-25(18)2/h4,6,8-10,12,14H,3,5,7,11H2,1-2H3. The van der Waals surface area contributed by atoms with Gasteiger partial charge in [-0.1, -0.05) is 0 Å². The third-order valence-corrected chi connectivity index (χ3v) is 4.95. The molecule has 27 heavy (non-hydrogen) atoms. The Bertz CT molecular complexity index is 968. The summed E-state index contributed by atoms with van der Waals surface area (Å²) < 4.78 is 1.92. The molecule has 0 saturated carbocycles. The van der Waals surface area contributed by atoms with E-state index >= 15 is 0 Å². The number of imidazole rings is 1. The normalized spacial score (nSPS) is 16.7. The summed E-state index contributed by atoms with van der Waals surface area (Å²) >= 11 is 0. The molecule has 3 aromatic heterocycles. The highest BCUT2D eigenvalue weighted by molar-refractivity contribution is 5.95. The number of carbonyl (C=O) groups is 1. The van der Waals surface area contributed by atoms with Gasteiger partial charge >= 0.3 is 0 Å². The summed E-state index contributed by atoms with van der Waals surface area (Å²) in [6, 6.07) is 0. The Hall–Kier alpha value is -3.16. The molecule has 0 radical (unpaired) electrons. The highest BCUT2D eigenvalue weighted by atomic mass is 16.2. The van der Waals surface area contributed by atoms with Gasteiger partial charge in [0, 0.05) is 44.9 Å². The molecular formula is C19H21N7O. The van der Waals surface area contributed by atoms with Crippen molar-refractivity contribution in [1.29, 1.82) is 0 Å². The average Bonchev–Trinajstić information content (AvgIpc) is 3.31. The van der Waals surface area contributed by atoms with Crippen molar-refractivity contribution < 1.29 is 4.79 Å². The highest BCUT2D eigenvalue weighted by Gasteiger charge is 2.28. The molecule has 1 amide bonds. The summed E-state index contributed by atoms with van der Waals surface area (Å²) in [5.74, 6) is 1.17. The minimum Gasteiger partial charge on any atom is -0.338 e. The maximum absolute atomic E-state index is 12.7. The predicted octanol–water partition coefficient (Wildman–Crippen LogP) is 1.68. The number of hydrogen-bond acceptors (Lipinski definition) is 6. The van der Waals surface area contributed by atoms with Crippen LogP contribution in [0, 0.1) is 12.8 Å². The van der Waals surface area contributed by atoms with Crippen molar-refractivity contribution in [1.82, 2.24) is 34.4 Å². The summed E-state index contributed by atoms with van der Waals surface area (Å²) in [5, 5.41) is 0. The number of carbonyl (C=O) groups excluding carboxylic acids is 1. The zero-order valence-corrected chi connectivity index (χ0v) is 15.4. The van der Waals surface area contributed by atoms with Crippen molar-refractivity contribution in [3.63, 3.8) is 0 Å². The first-order chi connectivity index (χ1) is 13.1. The topological polar surface area (TPSA) is 89.7 Å². The lowest BCUT2D eigenvalue weighted by molar-refractivity contribution is 0.0785. The van der Waals surface area contributed by atoms with Crippen LogP contribution in [0.3, 0.4) is 0 Å². The number of likely N-dealkylation sites (tertiary alicyclic amines) is 1. The monoisotopic (exact) mass is 363 g/mol. The fraction of sp³-hybridized carbons (Fsp3) is 0.368. The zero-order chi connectivity index (χ0) is 18.8. The first-order valence-corrected chi connectivity index (χ1v) is 8.96. The van der Waals surface area contributed by atoms with Crippen LogP contribution in [0.1, 0.15) is 28.2 Å². The van der Waals surface area contributed by atoms with Crippen molar-refractivity contribution in [2.75, 3.05) is 13.1 Å². The summed E-state index contributed by atoms with van der Waals surface area (Å²) in [6.45, 7) is 3.28. The largest absolute Gasteiger partial charge is 0.338 e. The molecule has 138 valence electrons. The molecule has 0 aliphatic carbocycles. The van der Waals surface area contributed by atoms with Crippen LogP contribution in [-0.2, 0) is 13.5 Å². The molecule has 0 spiro atoms. The van der Waals surface area contributed by atoms with Crippen LogP contribution < -0.4 is 0 Å². The lowest BCUT2D eigenvalue weighted by Gasteiger charge is -2.17. The number of rotatable bonds is 4. The first-order valence-electron chi connectivity index (χ1n) is 8.96. The van der Waals surface area contributed by atoms with Gasteiger partial charge in [-0.15, -0.1) is 0 Å². The smallest absolute Gasteiger partial charge is 0.257 e. The third kappa shape index (κ3) is 3.55. The summed E-state index contributed by atoms with van der Waals surface area (Å²) in [6.07, 6.45) is 12.0. The second-order valence-corrected chi connectivity index (χ2v) is 6.89. The van der Waals surface area contributed by atoms with Gasteiger partial charge in [-0.25, -0.2) is 19.9 Å². The third-order valence-electron chi connectivity index (χ3n) is 4.95. The predicted molar refractivity (Wildman–Crippen MR) is 98.7 cm³/mol. The van der Waals surface area contributed by atoms with Gasteiger partial charge in [-0.2, -0.15) is 0 Å². The van der Waals surface area contributed by atoms with Crippen molar-refractivity contribution in [3.8, 4) is 11.5 Å². The lowest BCUT2D eigenvalue weighted by Crippen LogP contribution is -2.29. The Balaban J connectivity index is 1.44. The average molecular weight is 363 g/mol. The SMILES string of the molecule is Cc1ncncc1C(=O)N1CCC(Cc2cncc(-c3nccn3C)n2)C1. The van der Waals surface area contributed by atoms with E-state index < -0.39 is 0 Å². The number of amides is 1. The molecule has 0 N–H and O–H groups in total. The number of nitrogens with zero attached hydrogens (tertiary/aromatic N) is 7. The van der Waals surface area contributed by atoms with Gasteiger partial charge in [0.1, 0.15) is 12.0 Å². The molecule has 3 aromatic rings. The number of aromatic nitrogens is 6. The molecule has 4 rings (SSSR count). The number of hydrogen-bond donors (Lipinski definition) is 0. The van der Waals surface area contributed by atoms with E-state index in [-0.39, 0.29) is 5.91 Å². The van der Waals surface area contributed by atoms with E-state index in [0.29, 0.717) is 23.7 Å². The summed E-state index contributed by atoms with van der Waals surface area (Å²) in [7, 11) is 1.94. The second-order valence-electron chi connectivity index (χ2n) is 6.89. The van der Waals surface area contributed by atoms with Crippen LogP contribution in [0.2, 0.25) is 0 Å². The summed E-state index contributed by atoms with van der Waals surface area (Å²) in [5.41, 5.74) is 2.99. The van der Waals surface area contributed by atoms with Crippen molar-refractivity contribution in [2.24, 2.45) is 13.0 Å². The lowest BCUT2D eigenvalue weighted by atomic mass is 10.0. The molecule has 8 heteroatoms. The van der Waals surface area contributed by atoms with Crippen LogP contribution in [0.15, 0.2) is 37.3 Å². The fourth-order valence-corrected chi connectivity index (χ4v) is 3.48. The van der Waals surface area contributed by atoms with E-state index in [9.17, 15) is 4.79 Å². The minimum atomic E-state index is 0.00319. The highest BCUT2D eigenvalue weighted by Crippen LogP contribution is 2.23. The van der Waals surface area contributed by atoms with Gasteiger partial charge < -0.3 is 9.47 Å². The van der Waals surface area contributed by atoms with Gasteiger partial charge in [0.2, 0.25) is 0 Å². The molecule has 1 atom stereocenters. The molecule has 0 bridgehead atoms. The minimum absolute atomic E-state index is 0.00319. The van der Waals surface area contributed by atoms with Gasteiger partial charge in [0.15, 0.2) is 5.82 Å². The van der Waals surface area contributed by atoms with Gasteiger partial charge in [-0.3, -0.25) is 9.78 Å². The van der Waals surface area contributed by atoms with Crippen LogP contribution >= 0.6 is 0 Å². The van der Waals surface area contributed by atoms with Crippen LogP contribution in [-0.4, -0.2) is 53.4 Å². The van der Waals surface area contributed by atoms with Crippen molar-refractivity contribution >= 4 is 5.91 Å². The maximum Gasteiger partial charge on any atom is 0.257 e. The first kappa shape index (κ1) is 17.3.